The van der Waals surface area contributed by atoms with Gasteiger partial charge in [-0.25, -0.2) is 9.97 Å². The zero-order valence-corrected chi connectivity index (χ0v) is 21.4. The quantitative estimate of drug-likeness (QED) is 0.239. The standard InChI is InChI=1S/C29H32N8/c1-18(2)11-19(3)33-22-12-20(15-30-17-22)21-13-24-27(35-36-28(24)32-16-21)26-14-23-25(34-26)7-8-31-29(23)37-9-5-4-6-10-37/h7-8,12-18,33-34H,3-6,9-11H2,1-2H3,(H,32,35,36). The van der Waals surface area contributed by atoms with Gasteiger partial charge in [-0.1, -0.05) is 20.4 Å². The lowest BCUT2D eigenvalue weighted by Gasteiger charge is -2.28. The first-order valence-corrected chi connectivity index (χ1v) is 13.0. The van der Waals surface area contributed by atoms with Crippen LogP contribution in [0.15, 0.2) is 61.3 Å². The largest absolute Gasteiger partial charge is 0.358 e. The summed E-state index contributed by atoms with van der Waals surface area (Å²) in [4.78, 5) is 19.8. The molecule has 1 saturated heterocycles. The highest BCUT2D eigenvalue weighted by Gasteiger charge is 2.18. The molecular formula is C29H32N8. The van der Waals surface area contributed by atoms with Crippen molar-refractivity contribution >= 4 is 33.4 Å². The molecule has 1 aliphatic rings. The summed E-state index contributed by atoms with van der Waals surface area (Å²) in [6, 6.07) is 8.42. The molecule has 0 atom stereocenters. The molecule has 0 radical (unpaired) electrons. The zero-order valence-electron chi connectivity index (χ0n) is 21.4. The Morgan fingerprint density at radius 3 is 2.70 bits per heavy atom. The van der Waals surface area contributed by atoms with E-state index in [9.17, 15) is 0 Å². The van der Waals surface area contributed by atoms with Crippen LogP contribution in [-0.2, 0) is 0 Å². The fourth-order valence-electron chi connectivity index (χ4n) is 5.21. The lowest BCUT2D eigenvalue weighted by Crippen LogP contribution is -2.30. The molecule has 5 aromatic rings. The zero-order chi connectivity index (χ0) is 25.4. The molecule has 0 spiro atoms. The van der Waals surface area contributed by atoms with Gasteiger partial charge in [-0.2, -0.15) is 5.10 Å². The second kappa shape index (κ2) is 9.69. The minimum atomic E-state index is 0.540. The van der Waals surface area contributed by atoms with Gasteiger partial charge >= 0.3 is 0 Å². The van der Waals surface area contributed by atoms with Gasteiger partial charge in [-0.05, 0) is 55.9 Å². The van der Waals surface area contributed by atoms with Crippen LogP contribution in [0, 0.1) is 5.92 Å². The van der Waals surface area contributed by atoms with Gasteiger partial charge < -0.3 is 15.2 Å². The van der Waals surface area contributed by atoms with Crippen LogP contribution in [0.4, 0.5) is 11.5 Å². The molecule has 0 saturated carbocycles. The minimum absolute atomic E-state index is 0.540. The Hall–Kier alpha value is -4.20. The molecule has 6 heterocycles. The van der Waals surface area contributed by atoms with Crippen LogP contribution in [-0.4, -0.2) is 43.2 Å². The third-order valence-electron chi connectivity index (χ3n) is 6.91. The van der Waals surface area contributed by atoms with Crippen molar-refractivity contribution in [1.29, 1.82) is 0 Å². The lowest BCUT2D eigenvalue weighted by atomic mass is 10.1. The Morgan fingerprint density at radius 2 is 1.86 bits per heavy atom. The van der Waals surface area contributed by atoms with Gasteiger partial charge in [-0.3, -0.25) is 10.1 Å². The number of fused-ring (bicyclic) bond motifs is 2. The number of aromatic nitrogens is 6. The lowest BCUT2D eigenvalue weighted by molar-refractivity contribution is 0.575. The Labute approximate surface area is 216 Å². The third-order valence-corrected chi connectivity index (χ3v) is 6.91. The van der Waals surface area contributed by atoms with Gasteiger partial charge in [0, 0.05) is 59.3 Å². The van der Waals surface area contributed by atoms with Gasteiger partial charge in [0.25, 0.3) is 0 Å². The average molecular weight is 493 g/mol. The van der Waals surface area contributed by atoms with Crippen molar-refractivity contribution in [1.82, 2.24) is 30.1 Å². The molecule has 0 bridgehead atoms. The summed E-state index contributed by atoms with van der Waals surface area (Å²) in [7, 11) is 0. The first-order valence-electron chi connectivity index (χ1n) is 13.0. The summed E-state index contributed by atoms with van der Waals surface area (Å²) in [5, 5.41) is 13.2. The number of pyridine rings is 3. The van der Waals surface area contributed by atoms with Crippen molar-refractivity contribution in [3.05, 3.63) is 61.3 Å². The maximum atomic E-state index is 4.73. The third kappa shape index (κ3) is 4.67. The number of anilines is 2. The first kappa shape index (κ1) is 23.2. The normalized spacial score (nSPS) is 14.1. The summed E-state index contributed by atoms with van der Waals surface area (Å²) in [6.45, 7) is 10.6. The Balaban J connectivity index is 1.35. The number of piperidine rings is 1. The van der Waals surface area contributed by atoms with Gasteiger partial charge in [0.05, 0.1) is 28.8 Å². The first-order chi connectivity index (χ1) is 18.0. The fourth-order valence-corrected chi connectivity index (χ4v) is 5.21. The number of H-pyrrole nitrogens is 2. The van der Waals surface area contributed by atoms with E-state index in [0.717, 1.165) is 75.5 Å². The Kier molecular flexibility index (Phi) is 6.08. The summed E-state index contributed by atoms with van der Waals surface area (Å²) in [6.07, 6.45) is 12.1. The molecule has 1 aliphatic heterocycles. The predicted octanol–water partition coefficient (Wildman–Crippen LogP) is 6.53. The van der Waals surface area contributed by atoms with Crippen LogP contribution in [0.2, 0.25) is 0 Å². The summed E-state index contributed by atoms with van der Waals surface area (Å²) >= 11 is 0. The minimum Gasteiger partial charge on any atom is -0.358 e. The van der Waals surface area contributed by atoms with Crippen LogP contribution < -0.4 is 10.2 Å². The molecule has 0 aromatic carbocycles. The molecule has 37 heavy (non-hydrogen) atoms. The average Bonchev–Trinajstić information content (AvgIpc) is 3.52. The number of rotatable bonds is 7. The fraction of sp³-hybridized carbons (Fsp3) is 0.310. The van der Waals surface area contributed by atoms with Crippen molar-refractivity contribution in [3.8, 4) is 22.5 Å². The molecule has 0 amide bonds. The van der Waals surface area contributed by atoms with E-state index in [1.165, 1.54) is 19.3 Å². The van der Waals surface area contributed by atoms with Gasteiger partial charge in [0.2, 0.25) is 0 Å². The molecular weight excluding hydrogens is 460 g/mol. The van der Waals surface area contributed by atoms with Crippen LogP contribution in [0.5, 0.6) is 0 Å². The monoisotopic (exact) mass is 492 g/mol. The molecule has 8 heteroatoms. The van der Waals surface area contributed by atoms with E-state index in [1.54, 1.807) is 0 Å². The van der Waals surface area contributed by atoms with Crippen LogP contribution >= 0.6 is 0 Å². The van der Waals surface area contributed by atoms with Crippen LogP contribution in [0.3, 0.4) is 0 Å². The molecule has 8 nitrogen and oxygen atoms in total. The van der Waals surface area contributed by atoms with E-state index in [1.807, 2.05) is 30.9 Å². The van der Waals surface area contributed by atoms with E-state index in [2.05, 4.69) is 74.0 Å². The van der Waals surface area contributed by atoms with Crippen molar-refractivity contribution in [2.75, 3.05) is 23.3 Å². The number of aromatic amines is 2. The summed E-state index contributed by atoms with van der Waals surface area (Å²) in [5.41, 5.74) is 7.51. The number of hydrogen-bond donors (Lipinski definition) is 3. The molecule has 6 rings (SSSR count). The number of hydrogen-bond acceptors (Lipinski definition) is 6. The highest BCUT2D eigenvalue weighted by Crippen LogP contribution is 2.34. The number of nitrogens with one attached hydrogen (secondary N) is 3. The van der Waals surface area contributed by atoms with Crippen molar-refractivity contribution < 1.29 is 0 Å². The highest BCUT2D eigenvalue weighted by atomic mass is 15.2. The summed E-state index contributed by atoms with van der Waals surface area (Å²) in [5.74, 6) is 1.59. The van der Waals surface area contributed by atoms with Crippen LogP contribution in [0.1, 0.15) is 39.5 Å². The second-order valence-electron chi connectivity index (χ2n) is 10.3. The predicted molar refractivity (Wildman–Crippen MR) is 150 cm³/mol. The maximum absolute atomic E-state index is 4.73. The highest BCUT2D eigenvalue weighted by molar-refractivity contribution is 5.99. The second-order valence-corrected chi connectivity index (χ2v) is 10.3. The van der Waals surface area contributed by atoms with E-state index >= 15 is 0 Å². The van der Waals surface area contributed by atoms with Gasteiger partial charge in [0.15, 0.2) is 5.65 Å². The molecule has 3 N–H and O–H groups in total. The number of allylic oxidation sites excluding steroid dienone is 1. The topological polar surface area (TPSA) is 98.4 Å². The van der Waals surface area contributed by atoms with E-state index in [4.69, 9.17) is 4.98 Å². The summed E-state index contributed by atoms with van der Waals surface area (Å²) < 4.78 is 0. The van der Waals surface area contributed by atoms with Gasteiger partial charge in [0.1, 0.15) is 5.82 Å². The van der Waals surface area contributed by atoms with E-state index < -0.39 is 0 Å². The molecule has 5 aromatic heterocycles. The van der Waals surface area contributed by atoms with Gasteiger partial charge in [-0.15, -0.1) is 0 Å². The van der Waals surface area contributed by atoms with E-state index in [-0.39, 0.29) is 0 Å². The maximum Gasteiger partial charge on any atom is 0.181 e. The molecule has 188 valence electrons. The molecule has 1 fully saturated rings. The van der Waals surface area contributed by atoms with Crippen molar-refractivity contribution in [2.45, 2.75) is 39.5 Å². The smallest absolute Gasteiger partial charge is 0.181 e. The SMILES string of the molecule is C=C(CC(C)C)Nc1cncc(-c2cnc3n[nH]c(-c4cc5c(N6CCCCC6)nccc5[nH]4)c3c2)c1. The van der Waals surface area contributed by atoms with Crippen molar-refractivity contribution in [3.63, 3.8) is 0 Å². The molecule has 0 aliphatic carbocycles. The van der Waals surface area contributed by atoms with E-state index in [0.29, 0.717) is 11.6 Å². The van der Waals surface area contributed by atoms with Crippen molar-refractivity contribution in [2.24, 2.45) is 5.92 Å². The number of nitrogens with zero attached hydrogens (tertiary/aromatic N) is 5. The molecule has 0 unspecified atom stereocenters. The Bertz CT molecular complexity index is 1570. The Morgan fingerprint density at radius 1 is 1.03 bits per heavy atom. The van der Waals surface area contributed by atoms with Crippen LogP contribution in [0.25, 0.3) is 44.5 Å².